The van der Waals surface area contributed by atoms with E-state index in [1.165, 1.54) is 10.6 Å². The molecule has 4 rings (SSSR count). The van der Waals surface area contributed by atoms with Gasteiger partial charge in [0.05, 0.1) is 29.8 Å². The Bertz CT molecular complexity index is 1370. The topological polar surface area (TPSA) is 78.9 Å². The maximum atomic E-state index is 12.1. The lowest BCUT2D eigenvalue weighted by molar-refractivity contribution is 0.249. The highest BCUT2D eigenvalue weighted by molar-refractivity contribution is 7.92. The van der Waals surface area contributed by atoms with Gasteiger partial charge in [-0.05, 0) is 44.6 Å². The Labute approximate surface area is 231 Å². The van der Waals surface area contributed by atoms with Gasteiger partial charge in [-0.1, -0.05) is 35.9 Å². The van der Waals surface area contributed by atoms with E-state index in [1.54, 1.807) is 26.4 Å². The molecule has 38 heavy (non-hydrogen) atoms. The van der Waals surface area contributed by atoms with Crippen molar-refractivity contribution < 1.29 is 13.2 Å². The lowest BCUT2D eigenvalue weighted by Crippen LogP contribution is -2.41. The van der Waals surface area contributed by atoms with Gasteiger partial charge in [0.1, 0.15) is 11.6 Å². The van der Waals surface area contributed by atoms with E-state index in [1.807, 2.05) is 18.2 Å². The summed E-state index contributed by atoms with van der Waals surface area (Å²) in [6.45, 7) is 2.04. The summed E-state index contributed by atoms with van der Waals surface area (Å²) in [7, 11) is 4.12. The smallest absolute Gasteiger partial charge is 0.232 e. The molecule has 0 atom stereocenters. The molecular weight excluding hydrogens is 522 g/mol. The van der Waals surface area contributed by atoms with Crippen molar-refractivity contribution in [1.82, 2.24) is 14.9 Å². The lowest BCUT2D eigenvalue weighted by Gasteiger charge is -2.36. The summed E-state index contributed by atoms with van der Waals surface area (Å²) < 4.78 is 31.3. The summed E-state index contributed by atoms with van der Waals surface area (Å²) in [5.41, 5.74) is 4.20. The third kappa shape index (κ3) is 6.57. The van der Waals surface area contributed by atoms with E-state index in [2.05, 4.69) is 47.1 Å². The number of para-hydroxylation sites is 1. The predicted octanol–water partition coefficient (Wildman–Crippen LogP) is 4.25. The lowest BCUT2D eigenvalue weighted by atomic mass is 10.0. The summed E-state index contributed by atoms with van der Waals surface area (Å²) in [5.74, 6) is 1.42. The zero-order valence-electron chi connectivity index (χ0n) is 22.7. The van der Waals surface area contributed by atoms with Gasteiger partial charge in [-0.2, -0.15) is 0 Å². The molecule has 0 spiro atoms. The van der Waals surface area contributed by atoms with E-state index in [-0.39, 0.29) is 0 Å². The highest BCUT2D eigenvalue weighted by Crippen LogP contribution is 2.30. The number of sulfonamides is 1. The molecule has 204 valence electrons. The minimum atomic E-state index is -3.41. The van der Waals surface area contributed by atoms with Crippen LogP contribution in [0.25, 0.3) is 0 Å². The molecule has 1 aliphatic heterocycles. The van der Waals surface area contributed by atoms with Gasteiger partial charge in [-0.3, -0.25) is 4.31 Å². The number of rotatable bonds is 9. The van der Waals surface area contributed by atoms with E-state index in [0.29, 0.717) is 41.1 Å². The summed E-state index contributed by atoms with van der Waals surface area (Å²) in [5, 5.41) is 0.439. The van der Waals surface area contributed by atoms with Gasteiger partial charge in [0.2, 0.25) is 10.0 Å². The fourth-order valence-corrected chi connectivity index (χ4v) is 5.56. The highest BCUT2D eigenvalue weighted by Gasteiger charge is 2.22. The molecule has 0 saturated carbocycles. The number of piperidine rings is 1. The molecule has 2 heterocycles. The second kappa shape index (κ2) is 11.9. The minimum absolute atomic E-state index is 0.378. The molecule has 0 radical (unpaired) electrons. The Kier molecular flexibility index (Phi) is 8.80. The molecule has 1 aromatic heterocycles. The van der Waals surface area contributed by atoms with Crippen LogP contribution in [0.3, 0.4) is 0 Å². The van der Waals surface area contributed by atoms with Crippen molar-refractivity contribution in [2.24, 2.45) is 0 Å². The molecule has 10 heteroatoms. The van der Waals surface area contributed by atoms with Crippen molar-refractivity contribution in [2.75, 3.05) is 56.8 Å². The number of hydrogen-bond acceptors (Lipinski definition) is 7. The molecular formula is C28H36ClN5O3S. The monoisotopic (exact) mass is 557 g/mol. The Balaban J connectivity index is 1.54. The Morgan fingerprint density at radius 1 is 1.05 bits per heavy atom. The summed E-state index contributed by atoms with van der Waals surface area (Å²) >= 11 is 6.48. The van der Waals surface area contributed by atoms with E-state index < -0.39 is 10.0 Å². The number of benzene rings is 2. The van der Waals surface area contributed by atoms with Crippen LogP contribution in [0.1, 0.15) is 35.5 Å². The first kappa shape index (κ1) is 28.1. The van der Waals surface area contributed by atoms with Crippen molar-refractivity contribution >= 4 is 33.0 Å². The Morgan fingerprint density at radius 3 is 2.42 bits per heavy atom. The largest absolute Gasteiger partial charge is 0.496 e. The maximum absolute atomic E-state index is 12.1. The molecule has 0 amide bonds. The molecule has 0 unspecified atom stereocenters. The molecule has 8 nitrogen and oxygen atoms in total. The summed E-state index contributed by atoms with van der Waals surface area (Å²) in [4.78, 5) is 13.9. The summed E-state index contributed by atoms with van der Waals surface area (Å²) in [6.07, 6.45) is 5.94. The van der Waals surface area contributed by atoms with Crippen molar-refractivity contribution in [2.45, 2.75) is 31.7 Å². The van der Waals surface area contributed by atoms with E-state index in [0.717, 1.165) is 48.5 Å². The molecule has 2 aromatic carbocycles. The van der Waals surface area contributed by atoms with Gasteiger partial charge in [0.25, 0.3) is 0 Å². The molecule has 0 N–H and O–H groups in total. The van der Waals surface area contributed by atoms with Gasteiger partial charge in [0.15, 0.2) is 0 Å². The van der Waals surface area contributed by atoms with Gasteiger partial charge < -0.3 is 14.5 Å². The van der Waals surface area contributed by atoms with Gasteiger partial charge in [-0.25, -0.2) is 18.4 Å². The zero-order chi connectivity index (χ0) is 27.4. The fourth-order valence-electron chi connectivity index (χ4n) is 4.87. The number of nitrogens with zero attached hydrogens (tertiary/aromatic N) is 5. The van der Waals surface area contributed by atoms with Gasteiger partial charge in [-0.15, -0.1) is 0 Å². The highest BCUT2D eigenvalue weighted by atomic mass is 35.5. The van der Waals surface area contributed by atoms with Crippen LogP contribution in [0.15, 0.2) is 48.7 Å². The molecule has 1 aliphatic rings. The number of hydrogen-bond donors (Lipinski definition) is 0. The fraction of sp³-hybridized carbons (Fsp3) is 0.429. The Hall–Kier alpha value is -2.88. The Morgan fingerprint density at radius 2 is 1.76 bits per heavy atom. The van der Waals surface area contributed by atoms with Crippen LogP contribution in [0.2, 0.25) is 5.02 Å². The molecule has 1 saturated heterocycles. The number of anilines is 2. The molecule has 3 aromatic rings. The van der Waals surface area contributed by atoms with E-state index in [9.17, 15) is 8.42 Å². The SMILES string of the molecule is COc1cc(N2CCC(N(C)C)CC2)ccc1Cc1ncc(Cl)c(Cc2ccccc2N(C)S(C)(=O)=O)n1. The van der Waals surface area contributed by atoms with Crippen LogP contribution in [-0.2, 0) is 22.9 Å². The van der Waals surface area contributed by atoms with E-state index in [4.69, 9.17) is 21.3 Å². The van der Waals surface area contributed by atoms with Crippen LogP contribution in [0.4, 0.5) is 11.4 Å². The van der Waals surface area contributed by atoms with Crippen molar-refractivity contribution in [3.63, 3.8) is 0 Å². The molecule has 0 aliphatic carbocycles. The average Bonchev–Trinajstić information content (AvgIpc) is 2.90. The normalized spacial score (nSPS) is 14.7. The molecule has 1 fully saturated rings. The first-order valence-corrected chi connectivity index (χ1v) is 14.9. The minimum Gasteiger partial charge on any atom is -0.496 e. The van der Waals surface area contributed by atoms with Crippen LogP contribution >= 0.6 is 11.6 Å². The predicted molar refractivity (Wildman–Crippen MR) is 154 cm³/mol. The zero-order valence-corrected chi connectivity index (χ0v) is 24.3. The van der Waals surface area contributed by atoms with Gasteiger partial charge >= 0.3 is 0 Å². The number of aromatic nitrogens is 2. The first-order chi connectivity index (χ1) is 18.1. The van der Waals surface area contributed by atoms with Crippen LogP contribution in [-0.4, -0.2) is 76.9 Å². The third-order valence-electron chi connectivity index (χ3n) is 7.23. The second-order valence-electron chi connectivity index (χ2n) is 9.97. The van der Waals surface area contributed by atoms with E-state index >= 15 is 0 Å². The number of methoxy groups -OCH3 is 1. The second-order valence-corrected chi connectivity index (χ2v) is 12.4. The van der Waals surface area contributed by atoms with Crippen LogP contribution < -0.4 is 13.9 Å². The number of halogens is 1. The van der Waals surface area contributed by atoms with Crippen molar-refractivity contribution in [3.8, 4) is 5.75 Å². The maximum Gasteiger partial charge on any atom is 0.232 e. The van der Waals surface area contributed by atoms with Crippen molar-refractivity contribution in [3.05, 3.63) is 76.3 Å². The standard InChI is InChI=1S/C28H36ClN5O3S/c1-32(2)22-12-14-34(15-13-22)23-11-10-21(27(18-23)37-4)17-28-30-19-24(29)25(31-28)16-20-8-6-7-9-26(20)33(3)38(5,35)36/h6-11,18-19,22H,12-17H2,1-5H3. The quantitative estimate of drug-likeness (QED) is 0.389. The first-order valence-electron chi connectivity index (χ1n) is 12.7. The third-order valence-corrected chi connectivity index (χ3v) is 8.74. The average molecular weight is 558 g/mol. The van der Waals surface area contributed by atoms with Gasteiger partial charge in [0, 0.05) is 62.5 Å². The summed E-state index contributed by atoms with van der Waals surface area (Å²) in [6, 6.07) is 14.3. The van der Waals surface area contributed by atoms with Crippen LogP contribution in [0, 0.1) is 0 Å². The number of ether oxygens (including phenoxy) is 1. The van der Waals surface area contributed by atoms with Crippen molar-refractivity contribution in [1.29, 1.82) is 0 Å². The molecule has 0 bridgehead atoms. The van der Waals surface area contributed by atoms with Crippen LogP contribution in [0.5, 0.6) is 5.75 Å².